The number of hydrogen-bond acceptors (Lipinski definition) is 0. The second-order valence-electron chi connectivity index (χ2n) is 4.38. The monoisotopic (exact) mass is 166 g/mol. The molecule has 0 spiro atoms. The van der Waals surface area contributed by atoms with Crippen molar-refractivity contribution in [2.75, 3.05) is 0 Å². The maximum Gasteiger partial charge on any atom is -0.0302 e. The third-order valence-corrected chi connectivity index (χ3v) is 1.63. The molecule has 0 nitrogen and oxygen atoms in total. The number of unbranched alkanes of at least 4 members (excludes halogenated alkanes) is 1. The Morgan fingerprint density at radius 3 is 2.00 bits per heavy atom. The summed E-state index contributed by atoms with van der Waals surface area (Å²) in [5.74, 6) is 0. The second-order valence-corrected chi connectivity index (χ2v) is 4.38. The van der Waals surface area contributed by atoms with Crippen LogP contribution in [0.1, 0.15) is 47.0 Å². The highest BCUT2D eigenvalue weighted by atomic mass is 14.1. The van der Waals surface area contributed by atoms with Crippen molar-refractivity contribution >= 4 is 0 Å². The molecule has 0 N–H and O–H groups in total. The van der Waals surface area contributed by atoms with Gasteiger partial charge in [0, 0.05) is 0 Å². The van der Waals surface area contributed by atoms with Crippen LogP contribution in [0.15, 0.2) is 24.3 Å². The van der Waals surface area contributed by atoms with E-state index in [0.717, 1.165) is 0 Å². The zero-order chi connectivity index (χ0) is 9.45. The van der Waals surface area contributed by atoms with Crippen LogP contribution in [0.3, 0.4) is 0 Å². The van der Waals surface area contributed by atoms with Crippen molar-refractivity contribution < 1.29 is 0 Å². The molecule has 0 saturated carbocycles. The molecular weight excluding hydrogens is 144 g/mol. The van der Waals surface area contributed by atoms with Crippen molar-refractivity contribution in [1.82, 2.24) is 0 Å². The van der Waals surface area contributed by atoms with Crippen LogP contribution in [0, 0.1) is 5.41 Å². The van der Waals surface area contributed by atoms with Crippen LogP contribution in [0.5, 0.6) is 0 Å². The molecule has 0 heterocycles. The van der Waals surface area contributed by atoms with Gasteiger partial charge in [-0.1, -0.05) is 45.1 Å². The molecule has 0 atom stereocenters. The summed E-state index contributed by atoms with van der Waals surface area (Å²) in [6.45, 7) is 8.87. The number of hydrogen-bond donors (Lipinski definition) is 0. The highest BCUT2D eigenvalue weighted by Crippen LogP contribution is 2.18. The molecule has 0 fully saturated rings. The summed E-state index contributed by atoms with van der Waals surface area (Å²) in [7, 11) is 0. The van der Waals surface area contributed by atoms with Crippen molar-refractivity contribution in [2.24, 2.45) is 5.41 Å². The van der Waals surface area contributed by atoms with Gasteiger partial charge in [0.25, 0.3) is 0 Å². The minimum atomic E-state index is 0.442. The van der Waals surface area contributed by atoms with E-state index in [1.54, 1.807) is 0 Å². The Labute approximate surface area is 77.4 Å². The maximum atomic E-state index is 2.30. The van der Waals surface area contributed by atoms with Crippen LogP contribution in [-0.4, -0.2) is 0 Å². The van der Waals surface area contributed by atoms with E-state index in [1.807, 2.05) is 0 Å². The van der Waals surface area contributed by atoms with Crippen molar-refractivity contribution in [3.63, 3.8) is 0 Å². The van der Waals surface area contributed by atoms with Crippen LogP contribution in [0.2, 0.25) is 0 Å². The molecule has 0 rings (SSSR count). The lowest BCUT2D eigenvalue weighted by Crippen LogP contribution is -2.01. The van der Waals surface area contributed by atoms with Gasteiger partial charge >= 0.3 is 0 Å². The third-order valence-electron chi connectivity index (χ3n) is 1.63. The molecular formula is C12H22. The van der Waals surface area contributed by atoms with Gasteiger partial charge in [-0.2, -0.15) is 0 Å². The molecule has 70 valence electrons. The molecule has 0 aromatic carbocycles. The van der Waals surface area contributed by atoms with E-state index < -0.39 is 0 Å². The molecule has 0 aliphatic carbocycles. The summed E-state index contributed by atoms with van der Waals surface area (Å²) in [5.41, 5.74) is 0.442. The lowest BCUT2D eigenvalue weighted by Gasteiger charge is -2.14. The van der Waals surface area contributed by atoms with Gasteiger partial charge in [-0.3, -0.25) is 0 Å². The second kappa shape index (κ2) is 6.05. The summed E-state index contributed by atoms with van der Waals surface area (Å²) >= 11 is 0. The maximum absolute atomic E-state index is 2.30. The minimum Gasteiger partial charge on any atom is -0.0917 e. The van der Waals surface area contributed by atoms with Crippen LogP contribution < -0.4 is 0 Å². The van der Waals surface area contributed by atoms with Crippen LogP contribution in [0.25, 0.3) is 0 Å². The first-order valence-corrected chi connectivity index (χ1v) is 4.82. The first kappa shape index (κ1) is 11.5. The average Bonchev–Trinajstić information content (AvgIpc) is 1.94. The summed E-state index contributed by atoms with van der Waals surface area (Å²) in [6.07, 6.45) is 12.4. The van der Waals surface area contributed by atoms with Crippen LogP contribution >= 0.6 is 0 Å². The summed E-state index contributed by atoms with van der Waals surface area (Å²) in [4.78, 5) is 0. The van der Waals surface area contributed by atoms with E-state index in [-0.39, 0.29) is 0 Å². The van der Waals surface area contributed by atoms with E-state index in [9.17, 15) is 0 Å². The van der Waals surface area contributed by atoms with E-state index in [2.05, 4.69) is 52.0 Å². The van der Waals surface area contributed by atoms with Crippen molar-refractivity contribution in [1.29, 1.82) is 0 Å². The van der Waals surface area contributed by atoms with Gasteiger partial charge < -0.3 is 0 Å². The molecule has 0 amide bonds. The largest absolute Gasteiger partial charge is 0.0917 e. The smallest absolute Gasteiger partial charge is 0.0302 e. The first-order chi connectivity index (χ1) is 5.56. The summed E-state index contributed by atoms with van der Waals surface area (Å²) in [5, 5.41) is 0. The average molecular weight is 166 g/mol. The Morgan fingerprint density at radius 1 is 0.917 bits per heavy atom. The van der Waals surface area contributed by atoms with Crippen molar-refractivity contribution in [2.45, 2.75) is 47.0 Å². The first-order valence-electron chi connectivity index (χ1n) is 4.82. The van der Waals surface area contributed by atoms with Gasteiger partial charge in [0.1, 0.15) is 0 Å². The predicted octanol–water partition coefficient (Wildman–Crippen LogP) is 4.34. The fraction of sp³-hybridized carbons (Fsp3) is 0.667. The van der Waals surface area contributed by atoms with Gasteiger partial charge in [-0.05, 0) is 31.6 Å². The topological polar surface area (TPSA) is 0 Å². The Hall–Kier alpha value is -0.520. The van der Waals surface area contributed by atoms with Gasteiger partial charge in [0.2, 0.25) is 0 Å². The highest BCUT2D eigenvalue weighted by molar-refractivity contribution is 4.88. The summed E-state index contributed by atoms with van der Waals surface area (Å²) < 4.78 is 0. The SMILES string of the molecule is C/C=C\CC/C=C/CC(C)(C)C. The molecule has 0 aliphatic heterocycles. The molecule has 0 radical (unpaired) electrons. The minimum absolute atomic E-state index is 0.442. The quantitative estimate of drug-likeness (QED) is 0.430. The van der Waals surface area contributed by atoms with Gasteiger partial charge in [-0.15, -0.1) is 0 Å². The Bertz CT molecular complexity index is 144. The van der Waals surface area contributed by atoms with E-state index in [4.69, 9.17) is 0 Å². The fourth-order valence-electron chi connectivity index (χ4n) is 0.914. The zero-order valence-electron chi connectivity index (χ0n) is 8.93. The fourth-order valence-corrected chi connectivity index (χ4v) is 0.914. The molecule has 0 bridgehead atoms. The molecule has 0 saturated heterocycles. The molecule has 0 unspecified atom stereocenters. The number of rotatable bonds is 4. The van der Waals surface area contributed by atoms with Crippen LogP contribution in [-0.2, 0) is 0 Å². The number of allylic oxidation sites excluding steroid dienone is 4. The highest BCUT2D eigenvalue weighted by Gasteiger charge is 2.05. The molecule has 0 aliphatic rings. The summed E-state index contributed by atoms with van der Waals surface area (Å²) in [6, 6.07) is 0. The van der Waals surface area contributed by atoms with Crippen molar-refractivity contribution in [3.05, 3.63) is 24.3 Å². The normalized spacial score (nSPS) is 13.3. The molecule has 0 aromatic rings. The zero-order valence-corrected chi connectivity index (χ0v) is 8.93. The molecule has 0 heteroatoms. The van der Waals surface area contributed by atoms with E-state index in [0.29, 0.717) is 5.41 Å². The van der Waals surface area contributed by atoms with Crippen LogP contribution in [0.4, 0.5) is 0 Å². The predicted molar refractivity (Wildman–Crippen MR) is 57.3 cm³/mol. The lowest BCUT2D eigenvalue weighted by atomic mass is 9.92. The van der Waals surface area contributed by atoms with Gasteiger partial charge in [-0.25, -0.2) is 0 Å². The van der Waals surface area contributed by atoms with Gasteiger partial charge in [0.05, 0.1) is 0 Å². The molecule has 12 heavy (non-hydrogen) atoms. The third kappa shape index (κ3) is 9.48. The van der Waals surface area contributed by atoms with Gasteiger partial charge in [0.15, 0.2) is 0 Å². The van der Waals surface area contributed by atoms with E-state index >= 15 is 0 Å². The Kier molecular flexibility index (Phi) is 5.79. The van der Waals surface area contributed by atoms with E-state index in [1.165, 1.54) is 19.3 Å². The Balaban J connectivity index is 3.38. The standard InChI is InChI=1S/C12H22/c1-5-6-7-8-9-10-11-12(2,3)4/h5-6,9-10H,7-8,11H2,1-4H3/b6-5-,10-9+. The lowest BCUT2D eigenvalue weighted by molar-refractivity contribution is 0.420. The van der Waals surface area contributed by atoms with Crippen molar-refractivity contribution in [3.8, 4) is 0 Å². The Morgan fingerprint density at radius 2 is 1.50 bits per heavy atom. The molecule has 0 aromatic heterocycles.